The lowest BCUT2D eigenvalue weighted by Crippen LogP contribution is -2.40. The van der Waals surface area contributed by atoms with Crippen LogP contribution in [-0.2, 0) is 6.42 Å². The lowest BCUT2D eigenvalue weighted by Gasteiger charge is -2.23. The summed E-state index contributed by atoms with van der Waals surface area (Å²) < 4.78 is 0. The molecule has 12 heavy (non-hydrogen) atoms. The van der Waals surface area contributed by atoms with Gasteiger partial charge in [-0.15, -0.1) is 0 Å². The average molecular weight is 181 g/mol. The van der Waals surface area contributed by atoms with Crippen molar-refractivity contribution in [2.75, 3.05) is 0 Å². The molecule has 66 valence electrons. The van der Waals surface area contributed by atoms with Crippen molar-refractivity contribution in [2.24, 2.45) is 11.7 Å². The van der Waals surface area contributed by atoms with Gasteiger partial charge in [-0.1, -0.05) is 0 Å². The Morgan fingerprint density at radius 1 is 1.67 bits per heavy atom. The van der Waals surface area contributed by atoms with Gasteiger partial charge in [-0.3, -0.25) is 0 Å². The summed E-state index contributed by atoms with van der Waals surface area (Å²) in [6.45, 7) is 2.18. The van der Waals surface area contributed by atoms with Crippen molar-refractivity contribution in [3.63, 3.8) is 0 Å². The molecule has 2 rings (SSSR count). The molecule has 1 aromatic rings. The van der Waals surface area contributed by atoms with Gasteiger partial charge in [-0.25, -0.2) is 0 Å². The van der Waals surface area contributed by atoms with Crippen LogP contribution in [0.3, 0.4) is 0 Å². The topological polar surface area (TPSA) is 26.0 Å². The molecule has 0 saturated heterocycles. The summed E-state index contributed by atoms with van der Waals surface area (Å²) >= 11 is 1.76. The van der Waals surface area contributed by atoms with E-state index in [1.54, 1.807) is 11.3 Å². The van der Waals surface area contributed by atoms with Gasteiger partial charge in [0.1, 0.15) is 0 Å². The van der Waals surface area contributed by atoms with E-state index in [1.165, 1.54) is 18.4 Å². The maximum atomic E-state index is 6.22. The van der Waals surface area contributed by atoms with Gasteiger partial charge >= 0.3 is 0 Å². The Labute approximate surface area is 77.6 Å². The van der Waals surface area contributed by atoms with E-state index in [0.717, 1.165) is 12.3 Å². The molecular weight excluding hydrogens is 166 g/mol. The van der Waals surface area contributed by atoms with Gasteiger partial charge in [-0.05, 0) is 54.5 Å². The maximum Gasteiger partial charge on any atom is 0.0195 e. The normalized spacial score (nSPS) is 22.2. The first-order valence-electron chi connectivity index (χ1n) is 4.48. The van der Waals surface area contributed by atoms with Crippen LogP contribution in [0.5, 0.6) is 0 Å². The molecule has 0 aromatic carbocycles. The van der Waals surface area contributed by atoms with Gasteiger partial charge in [0.15, 0.2) is 0 Å². The van der Waals surface area contributed by atoms with Gasteiger partial charge < -0.3 is 5.73 Å². The van der Waals surface area contributed by atoms with Crippen molar-refractivity contribution in [1.82, 2.24) is 0 Å². The molecular formula is C10H15NS. The number of hydrogen-bond acceptors (Lipinski definition) is 2. The minimum absolute atomic E-state index is 0.0427. The van der Waals surface area contributed by atoms with Crippen LogP contribution in [0.1, 0.15) is 25.3 Å². The van der Waals surface area contributed by atoms with Gasteiger partial charge in [0.2, 0.25) is 0 Å². The molecule has 1 fully saturated rings. The lowest BCUT2D eigenvalue weighted by molar-refractivity contribution is 0.406. The fraction of sp³-hybridized carbons (Fsp3) is 0.600. The Balaban J connectivity index is 2.01. The predicted octanol–water partition coefficient (Wildman–Crippen LogP) is 2.42. The number of rotatable bonds is 3. The summed E-state index contributed by atoms with van der Waals surface area (Å²) in [6.07, 6.45) is 3.70. The van der Waals surface area contributed by atoms with E-state index in [1.807, 2.05) is 0 Å². The van der Waals surface area contributed by atoms with E-state index in [-0.39, 0.29) is 5.54 Å². The van der Waals surface area contributed by atoms with E-state index < -0.39 is 0 Å². The Morgan fingerprint density at radius 2 is 2.42 bits per heavy atom. The first-order chi connectivity index (χ1) is 5.68. The zero-order valence-electron chi connectivity index (χ0n) is 7.42. The number of hydrogen-bond donors (Lipinski definition) is 1. The van der Waals surface area contributed by atoms with Crippen LogP contribution in [0.4, 0.5) is 0 Å². The zero-order chi connectivity index (χ0) is 8.60. The molecule has 0 radical (unpaired) electrons. The van der Waals surface area contributed by atoms with Crippen LogP contribution < -0.4 is 5.73 Å². The Hall–Kier alpha value is -0.340. The molecule has 0 amide bonds. The van der Waals surface area contributed by atoms with Gasteiger partial charge in [0.05, 0.1) is 0 Å². The van der Waals surface area contributed by atoms with Crippen molar-refractivity contribution in [1.29, 1.82) is 0 Å². The SMILES string of the molecule is CC(N)(Cc1ccsc1)C1CC1. The molecule has 2 N–H and O–H groups in total. The zero-order valence-corrected chi connectivity index (χ0v) is 8.23. The van der Waals surface area contributed by atoms with Crippen LogP contribution >= 0.6 is 11.3 Å². The van der Waals surface area contributed by atoms with E-state index in [2.05, 4.69) is 23.8 Å². The molecule has 2 heteroatoms. The standard InChI is InChI=1S/C10H15NS/c1-10(11,9-2-3-9)6-8-4-5-12-7-8/h4-5,7,9H,2-3,6,11H2,1H3. The highest BCUT2D eigenvalue weighted by atomic mass is 32.1. The van der Waals surface area contributed by atoms with Crippen molar-refractivity contribution in [3.05, 3.63) is 22.4 Å². The molecule has 1 aliphatic rings. The Morgan fingerprint density at radius 3 is 2.92 bits per heavy atom. The third-order valence-corrected chi connectivity index (χ3v) is 3.41. The highest BCUT2D eigenvalue weighted by Gasteiger charge is 2.38. The highest BCUT2D eigenvalue weighted by Crippen LogP contribution is 2.39. The third kappa shape index (κ3) is 1.70. The van der Waals surface area contributed by atoms with E-state index in [0.29, 0.717) is 0 Å². The molecule has 1 aromatic heterocycles. The van der Waals surface area contributed by atoms with Crippen molar-refractivity contribution in [2.45, 2.75) is 31.7 Å². The van der Waals surface area contributed by atoms with Crippen molar-refractivity contribution < 1.29 is 0 Å². The molecule has 0 aliphatic heterocycles. The fourth-order valence-corrected chi connectivity index (χ4v) is 2.39. The van der Waals surface area contributed by atoms with Gasteiger partial charge in [0.25, 0.3) is 0 Å². The van der Waals surface area contributed by atoms with Crippen LogP contribution in [0, 0.1) is 5.92 Å². The predicted molar refractivity (Wildman–Crippen MR) is 53.3 cm³/mol. The first-order valence-corrected chi connectivity index (χ1v) is 5.43. The molecule has 1 saturated carbocycles. The molecule has 0 spiro atoms. The largest absolute Gasteiger partial charge is 0.325 e. The summed E-state index contributed by atoms with van der Waals surface area (Å²) in [4.78, 5) is 0. The summed E-state index contributed by atoms with van der Waals surface area (Å²) in [6, 6.07) is 2.18. The average Bonchev–Trinajstić information content (AvgIpc) is 2.74. The minimum atomic E-state index is 0.0427. The lowest BCUT2D eigenvalue weighted by atomic mass is 9.90. The molecule has 1 aliphatic carbocycles. The van der Waals surface area contributed by atoms with E-state index in [4.69, 9.17) is 5.73 Å². The molecule has 1 heterocycles. The van der Waals surface area contributed by atoms with Crippen molar-refractivity contribution >= 4 is 11.3 Å². The van der Waals surface area contributed by atoms with Crippen LogP contribution in [-0.4, -0.2) is 5.54 Å². The summed E-state index contributed by atoms with van der Waals surface area (Å²) in [5.41, 5.74) is 7.66. The number of thiophene rings is 1. The highest BCUT2D eigenvalue weighted by molar-refractivity contribution is 7.07. The molecule has 1 atom stereocenters. The Bertz CT molecular complexity index is 247. The van der Waals surface area contributed by atoms with Gasteiger partial charge in [-0.2, -0.15) is 11.3 Å². The molecule has 0 bridgehead atoms. The van der Waals surface area contributed by atoms with Crippen molar-refractivity contribution in [3.8, 4) is 0 Å². The van der Waals surface area contributed by atoms with E-state index in [9.17, 15) is 0 Å². The maximum absolute atomic E-state index is 6.22. The quantitative estimate of drug-likeness (QED) is 0.761. The fourth-order valence-electron chi connectivity index (χ4n) is 1.72. The van der Waals surface area contributed by atoms with Crippen LogP contribution in [0.2, 0.25) is 0 Å². The van der Waals surface area contributed by atoms with Crippen LogP contribution in [0.25, 0.3) is 0 Å². The first kappa shape index (κ1) is 8.27. The summed E-state index contributed by atoms with van der Waals surface area (Å²) in [7, 11) is 0. The third-order valence-electron chi connectivity index (χ3n) is 2.68. The smallest absolute Gasteiger partial charge is 0.0195 e. The van der Waals surface area contributed by atoms with Gasteiger partial charge in [0, 0.05) is 5.54 Å². The second kappa shape index (κ2) is 2.86. The van der Waals surface area contributed by atoms with Crippen LogP contribution in [0.15, 0.2) is 16.8 Å². The second-order valence-electron chi connectivity index (χ2n) is 4.09. The summed E-state index contributed by atoms with van der Waals surface area (Å²) in [5, 5.41) is 4.33. The molecule has 1 unspecified atom stereocenters. The summed E-state index contributed by atoms with van der Waals surface area (Å²) in [5.74, 6) is 0.775. The molecule has 1 nitrogen and oxygen atoms in total. The second-order valence-corrected chi connectivity index (χ2v) is 4.87. The minimum Gasteiger partial charge on any atom is -0.325 e. The number of nitrogens with two attached hydrogens (primary N) is 1. The Kier molecular flexibility index (Phi) is 1.97. The van der Waals surface area contributed by atoms with E-state index >= 15 is 0 Å². The monoisotopic (exact) mass is 181 g/mol.